The van der Waals surface area contributed by atoms with Gasteiger partial charge in [0.1, 0.15) is 11.6 Å². The smallest absolute Gasteiger partial charge is 0.264 e. The lowest BCUT2D eigenvalue weighted by Gasteiger charge is -2.21. The minimum Gasteiger partial charge on any atom is -0.340 e. The second-order valence-electron chi connectivity index (χ2n) is 3.78. The van der Waals surface area contributed by atoms with Crippen LogP contribution in [0.25, 0.3) is 0 Å². The standard InChI is InChI=1S/C13H12N2OS2/c1-9-15-12(16)11(7-14)13(18-9)17-8-10-5-3-2-4-6-10/h2-6,9H,8H2,1H3,(H,15,16)/t9-/m0/s1. The highest BCUT2D eigenvalue weighted by atomic mass is 32.2. The average molecular weight is 276 g/mol. The topological polar surface area (TPSA) is 52.9 Å². The summed E-state index contributed by atoms with van der Waals surface area (Å²) in [6, 6.07) is 12.0. The molecule has 0 unspecified atom stereocenters. The van der Waals surface area contributed by atoms with Gasteiger partial charge in [-0.05, 0) is 12.5 Å². The summed E-state index contributed by atoms with van der Waals surface area (Å²) < 4.78 is 0.817. The highest BCUT2D eigenvalue weighted by Gasteiger charge is 2.25. The molecule has 0 saturated heterocycles. The van der Waals surface area contributed by atoms with E-state index in [-0.39, 0.29) is 16.9 Å². The molecule has 3 nitrogen and oxygen atoms in total. The Kier molecular flexibility index (Phi) is 4.34. The van der Waals surface area contributed by atoms with Crippen molar-refractivity contribution in [2.24, 2.45) is 0 Å². The van der Waals surface area contributed by atoms with Crippen molar-refractivity contribution in [3.63, 3.8) is 0 Å². The van der Waals surface area contributed by atoms with Crippen molar-refractivity contribution >= 4 is 29.4 Å². The maximum absolute atomic E-state index is 11.6. The Morgan fingerprint density at radius 2 is 2.17 bits per heavy atom. The maximum atomic E-state index is 11.6. The molecule has 0 saturated carbocycles. The van der Waals surface area contributed by atoms with Crippen LogP contribution in [0.1, 0.15) is 12.5 Å². The van der Waals surface area contributed by atoms with E-state index in [1.54, 1.807) is 11.8 Å². The Hall–Kier alpha value is -1.38. The summed E-state index contributed by atoms with van der Waals surface area (Å²) >= 11 is 3.08. The number of thioether (sulfide) groups is 2. The molecule has 92 valence electrons. The van der Waals surface area contributed by atoms with Gasteiger partial charge in [0.15, 0.2) is 0 Å². The van der Waals surface area contributed by atoms with Crippen molar-refractivity contribution in [1.29, 1.82) is 5.26 Å². The van der Waals surface area contributed by atoms with Crippen LogP contribution in [0.15, 0.2) is 40.1 Å². The monoisotopic (exact) mass is 276 g/mol. The maximum Gasteiger partial charge on any atom is 0.264 e. The van der Waals surface area contributed by atoms with Gasteiger partial charge in [-0.15, -0.1) is 11.8 Å². The Morgan fingerprint density at radius 3 is 2.83 bits per heavy atom. The zero-order valence-corrected chi connectivity index (χ0v) is 11.5. The van der Waals surface area contributed by atoms with Gasteiger partial charge in [-0.1, -0.05) is 42.1 Å². The first-order chi connectivity index (χ1) is 8.70. The van der Waals surface area contributed by atoms with Crippen molar-refractivity contribution < 1.29 is 4.79 Å². The van der Waals surface area contributed by atoms with Crippen LogP contribution in [0.3, 0.4) is 0 Å². The number of nitrogens with zero attached hydrogens (tertiary/aromatic N) is 1. The number of nitrogens with one attached hydrogen (secondary N) is 1. The summed E-state index contributed by atoms with van der Waals surface area (Å²) in [5.41, 5.74) is 1.42. The van der Waals surface area contributed by atoms with Gasteiger partial charge in [-0.2, -0.15) is 5.26 Å². The summed E-state index contributed by atoms with van der Waals surface area (Å²) in [6.07, 6.45) is 0. The van der Waals surface area contributed by atoms with E-state index in [9.17, 15) is 4.79 Å². The molecular formula is C13H12N2OS2. The number of rotatable bonds is 3. The molecule has 0 aromatic heterocycles. The zero-order chi connectivity index (χ0) is 13.0. The molecule has 1 aromatic carbocycles. The first-order valence-electron chi connectivity index (χ1n) is 5.49. The van der Waals surface area contributed by atoms with Crippen LogP contribution in [0, 0.1) is 11.3 Å². The van der Waals surface area contributed by atoms with Crippen molar-refractivity contribution in [3.8, 4) is 6.07 Å². The first kappa shape index (κ1) is 13.1. The van der Waals surface area contributed by atoms with Crippen LogP contribution < -0.4 is 5.32 Å². The molecule has 0 spiro atoms. The lowest BCUT2D eigenvalue weighted by atomic mass is 10.2. The predicted octanol–water partition coefficient (Wildman–Crippen LogP) is 2.86. The molecule has 2 rings (SSSR count). The van der Waals surface area contributed by atoms with E-state index in [0.29, 0.717) is 0 Å². The van der Waals surface area contributed by atoms with Gasteiger partial charge in [-0.3, -0.25) is 4.79 Å². The minimum atomic E-state index is -0.265. The van der Waals surface area contributed by atoms with E-state index < -0.39 is 0 Å². The fourth-order valence-corrected chi connectivity index (χ4v) is 3.92. The van der Waals surface area contributed by atoms with Gasteiger partial charge < -0.3 is 5.32 Å². The third kappa shape index (κ3) is 3.09. The molecule has 1 aliphatic heterocycles. The van der Waals surface area contributed by atoms with Gasteiger partial charge in [0.25, 0.3) is 5.91 Å². The summed E-state index contributed by atoms with van der Waals surface area (Å²) in [6.45, 7) is 1.92. The van der Waals surface area contributed by atoms with Crippen molar-refractivity contribution in [3.05, 3.63) is 45.7 Å². The number of amides is 1. The number of hydrogen-bond donors (Lipinski definition) is 1. The number of benzene rings is 1. The number of carbonyl (C=O) groups is 1. The van der Waals surface area contributed by atoms with Crippen LogP contribution in [-0.2, 0) is 10.5 Å². The Balaban J connectivity index is 2.12. The molecule has 1 aliphatic rings. The van der Waals surface area contributed by atoms with Crippen molar-refractivity contribution in [2.45, 2.75) is 18.1 Å². The first-order valence-corrected chi connectivity index (χ1v) is 7.36. The van der Waals surface area contributed by atoms with E-state index >= 15 is 0 Å². The van der Waals surface area contributed by atoms with Crippen LogP contribution in [-0.4, -0.2) is 11.3 Å². The molecule has 0 bridgehead atoms. The fourth-order valence-electron chi connectivity index (χ4n) is 1.52. The Morgan fingerprint density at radius 1 is 1.44 bits per heavy atom. The molecule has 0 radical (unpaired) electrons. The average Bonchev–Trinajstić information content (AvgIpc) is 2.37. The molecule has 5 heteroatoms. The van der Waals surface area contributed by atoms with Crippen molar-refractivity contribution in [2.75, 3.05) is 0 Å². The number of carbonyl (C=O) groups excluding carboxylic acids is 1. The van der Waals surface area contributed by atoms with Gasteiger partial charge >= 0.3 is 0 Å². The van der Waals surface area contributed by atoms with Crippen LogP contribution in [0.5, 0.6) is 0 Å². The van der Waals surface area contributed by atoms with E-state index in [1.165, 1.54) is 17.3 Å². The molecule has 1 amide bonds. The lowest BCUT2D eigenvalue weighted by molar-refractivity contribution is -0.117. The number of hydrogen-bond acceptors (Lipinski definition) is 4. The van der Waals surface area contributed by atoms with Crippen LogP contribution in [0.4, 0.5) is 0 Å². The van der Waals surface area contributed by atoms with E-state index in [2.05, 4.69) is 5.32 Å². The highest BCUT2D eigenvalue weighted by Crippen LogP contribution is 2.38. The minimum absolute atomic E-state index is 0.0212. The summed E-state index contributed by atoms with van der Waals surface area (Å²) in [4.78, 5) is 11.6. The van der Waals surface area contributed by atoms with Gasteiger partial charge in [0.05, 0.1) is 9.61 Å². The molecule has 0 aliphatic carbocycles. The third-order valence-corrected chi connectivity index (χ3v) is 4.85. The van der Waals surface area contributed by atoms with E-state index in [1.807, 2.05) is 43.3 Å². The lowest BCUT2D eigenvalue weighted by Crippen LogP contribution is -2.34. The molecule has 0 fully saturated rings. The van der Waals surface area contributed by atoms with Gasteiger partial charge in [-0.25, -0.2) is 0 Å². The molecule has 18 heavy (non-hydrogen) atoms. The normalized spacial score (nSPS) is 19.3. The highest BCUT2D eigenvalue weighted by molar-refractivity contribution is 8.22. The Labute approximate surface area is 115 Å². The van der Waals surface area contributed by atoms with Gasteiger partial charge in [0, 0.05) is 5.75 Å². The van der Waals surface area contributed by atoms with E-state index in [0.717, 1.165) is 9.99 Å². The summed E-state index contributed by atoms with van der Waals surface area (Å²) in [7, 11) is 0. The SMILES string of the molecule is C[C@H]1NC(=O)C(C#N)=C(SCc2ccccc2)S1. The second kappa shape index (κ2) is 5.98. The van der Waals surface area contributed by atoms with Crippen LogP contribution >= 0.6 is 23.5 Å². The predicted molar refractivity (Wildman–Crippen MR) is 75.6 cm³/mol. The van der Waals surface area contributed by atoms with Crippen molar-refractivity contribution in [1.82, 2.24) is 5.32 Å². The molecule has 1 atom stereocenters. The summed E-state index contributed by atoms with van der Waals surface area (Å²) in [5.74, 6) is 0.508. The largest absolute Gasteiger partial charge is 0.340 e. The quantitative estimate of drug-likeness (QED) is 0.922. The fraction of sp³-hybridized carbons (Fsp3) is 0.231. The third-order valence-electron chi connectivity index (χ3n) is 2.37. The van der Waals surface area contributed by atoms with Crippen LogP contribution in [0.2, 0.25) is 0 Å². The van der Waals surface area contributed by atoms with E-state index in [4.69, 9.17) is 5.26 Å². The Bertz CT molecular complexity index is 520. The summed E-state index contributed by atoms with van der Waals surface area (Å²) in [5, 5.41) is 11.8. The second-order valence-corrected chi connectivity index (χ2v) is 6.38. The zero-order valence-electron chi connectivity index (χ0n) is 9.84. The van der Waals surface area contributed by atoms with Gasteiger partial charge in [0.2, 0.25) is 0 Å². The number of nitriles is 1. The molecule has 1 aromatic rings. The molecular weight excluding hydrogens is 264 g/mol. The molecule has 1 N–H and O–H groups in total. The molecule has 1 heterocycles.